The standard InChI is InChI=1S/C19H24FN5O2/c1-13-8-27-16-7-14(20)4-5-15(16)25(13)18(26)24-11-19(12-24)9-23(10-19)17(22)3-2-6-21/h2-7,13H,8-12,21-22H2,1H3/b6-2-,17-3+. The summed E-state index contributed by atoms with van der Waals surface area (Å²) in [6.07, 6.45) is 4.93. The van der Waals surface area contributed by atoms with E-state index >= 15 is 0 Å². The van der Waals surface area contributed by atoms with Crippen molar-refractivity contribution in [2.45, 2.75) is 13.0 Å². The number of ether oxygens (including phenoxy) is 1. The zero-order chi connectivity index (χ0) is 19.2. The quantitative estimate of drug-likeness (QED) is 0.766. The SMILES string of the molecule is CC1COc2cc(F)ccc2N1C(=O)N1CC2(C1)CN(/C(N)=C/C=C\N)C2. The number of hydrogen-bond donors (Lipinski definition) is 2. The normalized spacial score (nSPS) is 23.7. The lowest BCUT2D eigenvalue weighted by atomic mass is 9.73. The zero-order valence-electron chi connectivity index (χ0n) is 15.3. The predicted molar refractivity (Wildman–Crippen MR) is 100 cm³/mol. The van der Waals surface area contributed by atoms with Gasteiger partial charge in [-0.3, -0.25) is 4.90 Å². The number of benzene rings is 1. The number of allylic oxidation sites excluding steroid dienone is 2. The fourth-order valence-corrected chi connectivity index (χ4v) is 4.07. The molecule has 144 valence electrons. The van der Waals surface area contributed by atoms with E-state index in [1.807, 2.05) is 11.8 Å². The third kappa shape index (κ3) is 2.94. The van der Waals surface area contributed by atoms with Crippen molar-refractivity contribution >= 4 is 11.7 Å². The number of nitrogens with zero attached hydrogens (tertiary/aromatic N) is 3. The van der Waals surface area contributed by atoms with E-state index in [0.29, 0.717) is 37.0 Å². The molecule has 0 radical (unpaired) electrons. The van der Waals surface area contributed by atoms with Crippen LogP contribution in [0.2, 0.25) is 0 Å². The number of carbonyl (C=O) groups is 1. The molecule has 7 nitrogen and oxygen atoms in total. The van der Waals surface area contributed by atoms with Crippen LogP contribution in [-0.2, 0) is 0 Å². The van der Waals surface area contributed by atoms with Gasteiger partial charge in [-0.25, -0.2) is 9.18 Å². The second-order valence-corrected chi connectivity index (χ2v) is 7.61. The van der Waals surface area contributed by atoms with Gasteiger partial charge in [0, 0.05) is 37.7 Å². The van der Waals surface area contributed by atoms with E-state index in [4.69, 9.17) is 16.2 Å². The molecule has 1 aromatic rings. The highest BCUT2D eigenvalue weighted by Gasteiger charge is 2.54. The van der Waals surface area contributed by atoms with E-state index in [1.165, 1.54) is 18.3 Å². The molecule has 4 N–H and O–H groups in total. The van der Waals surface area contributed by atoms with Crippen LogP contribution in [0.25, 0.3) is 0 Å². The largest absolute Gasteiger partial charge is 0.489 e. The third-order valence-corrected chi connectivity index (χ3v) is 5.43. The van der Waals surface area contributed by atoms with E-state index in [-0.39, 0.29) is 23.3 Å². The van der Waals surface area contributed by atoms with Crippen LogP contribution in [0.4, 0.5) is 14.9 Å². The first-order valence-corrected chi connectivity index (χ1v) is 9.02. The van der Waals surface area contributed by atoms with Gasteiger partial charge in [-0.15, -0.1) is 0 Å². The first-order chi connectivity index (χ1) is 12.9. The van der Waals surface area contributed by atoms with Crippen molar-refractivity contribution in [2.75, 3.05) is 37.7 Å². The lowest BCUT2D eigenvalue weighted by molar-refractivity contribution is -0.0786. The molecule has 2 saturated heterocycles. The van der Waals surface area contributed by atoms with Gasteiger partial charge in [0.1, 0.15) is 18.2 Å². The number of rotatable bonds is 2. The van der Waals surface area contributed by atoms with Crippen molar-refractivity contribution in [3.63, 3.8) is 0 Å². The summed E-state index contributed by atoms with van der Waals surface area (Å²) in [7, 11) is 0. The van der Waals surface area contributed by atoms with Gasteiger partial charge in [0.2, 0.25) is 0 Å². The Balaban J connectivity index is 1.40. The minimum absolute atomic E-state index is 0.0580. The molecule has 3 heterocycles. The van der Waals surface area contributed by atoms with E-state index < -0.39 is 0 Å². The molecule has 3 aliphatic heterocycles. The molecule has 4 rings (SSSR count). The Labute approximate surface area is 157 Å². The number of nitrogens with two attached hydrogens (primary N) is 2. The molecule has 2 fully saturated rings. The van der Waals surface area contributed by atoms with E-state index in [2.05, 4.69) is 4.90 Å². The molecule has 0 aromatic heterocycles. The van der Waals surface area contributed by atoms with Crippen LogP contribution in [0.5, 0.6) is 5.75 Å². The van der Waals surface area contributed by atoms with E-state index in [0.717, 1.165) is 13.1 Å². The molecule has 0 bridgehead atoms. The molecule has 3 aliphatic rings. The molecular formula is C19H24FN5O2. The average molecular weight is 373 g/mol. The number of fused-ring (bicyclic) bond motifs is 1. The number of urea groups is 1. The third-order valence-electron chi connectivity index (χ3n) is 5.43. The minimum Gasteiger partial charge on any atom is -0.489 e. The van der Waals surface area contributed by atoms with Crippen LogP contribution in [0, 0.1) is 11.2 Å². The van der Waals surface area contributed by atoms with Crippen molar-refractivity contribution in [1.82, 2.24) is 9.80 Å². The van der Waals surface area contributed by atoms with Crippen LogP contribution in [0.1, 0.15) is 6.92 Å². The summed E-state index contributed by atoms with van der Waals surface area (Å²) in [6, 6.07) is 4.12. The van der Waals surface area contributed by atoms with E-state index in [9.17, 15) is 9.18 Å². The number of likely N-dealkylation sites (tertiary alicyclic amines) is 2. The van der Waals surface area contributed by atoms with Crippen molar-refractivity contribution < 1.29 is 13.9 Å². The lowest BCUT2D eigenvalue weighted by Crippen LogP contribution is -2.74. The zero-order valence-corrected chi connectivity index (χ0v) is 15.3. The maximum absolute atomic E-state index is 13.5. The number of amides is 2. The minimum atomic E-state index is -0.372. The van der Waals surface area contributed by atoms with Crippen molar-refractivity contribution in [2.24, 2.45) is 16.9 Å². The highest BCUT2D eigenvalue weighted by atomic mass is 19.1. The van der Waals surface area contributed by atoms with Crippen LogP contribution in [0.3, 0.4) is 0 Å². The first kappa shape index (κ1) is 17.5. The molecular weight excluding hydrogens is 349 g/mol. The summed E-state index contributed by atoms with van der Waals surface area (Å²) in [5.74, 6) is 0.727. The Hall–Kier alpha value is -2.90. The predicted octanol–water partition coefficient (Wildman–Crippen LogP) is 1.42. The molecule has 1 atom stereocenters. The highest BCUT2D eigenvalue weighted by molar-refractivity contribution is 5.95. The van der Waals surface area contributed by atoms with Crippen LogP contribution >= 0.6 is 0 Å². The second-order valence-electron chi connectivity index (χ2n) is 7.61. The van der Waals surface area contributed by atoms with Crippen LogP contribution < -0.4 is 21.1 Å². The number of halogens is 1. The smallest absolute Gasteiger partial charge is 0.325 e. The van der Waals surface area contributed by atoms with Gasteiger partial charge >= 0.3 is 6.03 Å². The second kappa shape index (κ2) is 6.37. The number of carbonyl (C=O) groups excluding carboxylic acids is 1. The first-order valence-electron chi connectivity index (χ1n) is 9.02. The van der Waals surface area contributed by atoms with E-state index in [1.54, 1.807) is 23.1 Å². The molecule has 27 heavy (non-hydrogen) atoms. The van der Waals surface area contributed by atoms with Crippen LogP contribution in [0.15, 0.2) is 42.4 Å². The molecule has 2 amide bonds. The average Bonchev–Trinajstić information content (AvgIpc) is 2.57. The topological polar surface area (TPSA) is 88.1 Å². The van der Waals surface area contributed by atoms with Crippen molar-refractivity contribution in [1.29, 1.82) is 0 Å². The number of anilines is 1. The van der Waals surface area contributed by atoms with Gasteiger partial charge < -0.3 is 26.0 Å². The Morgan fingerprint density at radius 1 is 1.30 bits per heavy atom. The molecule has 1 spiro atoms. The fraction of sp³-hybridized carbons (Fsp3) is 0.421. The van der Waals surface area contributed by atoms with Gasteiger partial charge in [0.25, 0.3) is 0 Å². The van der Waals surface area contributed by atoms with Gasteiger partial charge in [-0.2, -0.15) is 0 Å². The Morgan fingerprint density at radius 3 is 2.70 bits per heavy atom. The summed E-state index contributed by atoms with van der Waals surface area (Å²) >= 11 is 0. The summed E-state index contributed by atoms with van der Waals surface area (Å²) in [4.78, 5) is 18.7. The molecule has 0 saturated carbocycles. The van der Waals surface area contributed by atoms with Crippen molar-refractivity contribution in [3.05, 3.63) is 48.2 Å². The molecule has 8 heteroatoms. The maximum atomic E-state index is 13.5. The Morgan fingerprint density at radius 2 is 2.00 bits per heavy atom. The maximum Gasteiger partial charge on any atom is 0.325 e. The van der Waals surface area contributed by atoms with Gasteiger partial charge in [-0.05, 0) is 37.4 Å². The molecule has 1 unspecified atom stereocenters. The Bertz CT molecular complexity index is 810. The highest BCUT2D eigenvalue weighted by Crippen LogP contribution is 2.43. The van der Waals surface area contributed by atoms with Gasteiger partial charge in [0.15, 0.2) is 0 Å². The van der Waals surface area contributed by atoms with Crippen LogP contribution in [-0.4, -0.2) is 54.7 Å². The summed E-state index contributed by atoms with van der Waals surface area (Å²) in [6.45, 7) is 5.34. The van der Waals surface area contributed by atoms with Crippen molar-refractivity contribution in [3.8, 4) is 5.75 Å². The monoisotopic (exact) mass is 373 g/mol. The molecule has 0 aliphatic carbocycles. The molecule has 1 aromatic carbocycles. The summed E-state index contributed by atoms with van der Waals surface area (Å²) < 4.78 is 19.0. The summed E-state index contributed by atoms with van der Waals surface area (Å²) in [5, 5.41) is 0. The fourth-order valence-electron chi connectivity index (χ4n) is 4.07. The van der Waals surface area contributed by atoms with Gasteiger partial charge in [0.05, 0.1) is 17.6 Å². The van der Waals surface area contributed by atoms with Gasteiger partial charge in [-0.1, -0.05) is 0 Å². The number of hydrogen-bond acceptors (Lipinski definition) is 5. The lowest BCUT2D eigenvalue weighted by Gasteiger charge is -2.61. The summed E-state index contributed by atoms with van der Waals surface area (Å²) in [5.41, 5.74) is 12.1. The Kier molecular flexibility index (Phi) is 4.13.